The predicted molar refractivity (Wildman–Crippen MR) is 108 cm³/mol. The van der Waals surface area contributed by atoms with Gasteiger partial charge in [0.25, 0.3) is 0 Å². The van der Waals surface area contributed by atoms with Gasteiger partial charge in [-0.1, -0.05) is 18.2 Å². The molecule has 1 atom stereocenters. The summed E-state index contributed by atoms with van der Waals surface area (Å²) in [6.07, 6.45) is 2.67. The van der Waals surface area contributed by atoms with Crippen LogP contribution in [0.2, 0.25) is 0 Å². The second-order valence-corrected chi connectivity index (χ2v) is 6.04. The van der Waals surface area contributed by atoms with E-state index in [2.05, 4.69) is 29.3 Å². The Labute approximate surface area is 163 Å². The van der Waals surface area contributed by atoms with Crippen LogP contribution in [0, 0.1) is 5.92 Å². The summed E-state index contributed by atoms with van der Waals surface area (Å²) < 4.78 is 5.32. The topological polar surface area (TPSA) is 67.6 Å². The van der Waals surface area contributed by atoms with Gasteiger partial charge in [-0.3, -0.25) is 4.79 Å². The van der Waals surface area contributed by atoms with E-state index in [1.807, 2.05) is 18.2 Å². The molecule has 0 aromatic heterocycles. The highest BCUT2D eigenvalue weighted by Gasteiger charge is 2.26. The number of halogens is 2. The van der Waals surface area contributed by atoms with E-state index in [4.69, 9.17) is 10.5 Å². The van der Waals surface area contributed by atoms with Crippen LogP contribution >= 0.6 is 24.8 Å². The van der Waals surface area contributed by atoms with E-state index in [0.29, 0.717) is 19.8 Å². The van der Waals surface area contributed by atoms with Gasteiger partial charge in [0.15, 0.2) is 0 Å². The molecule has 0 radical (unpaired) electrons. The van der Waals surface area contributed by atoms with Gasteiger partial charge in [-0.2, -0.15) is 0 Å². The van der Waals surface area contributed by atoms with Crippen LogP contribution in [-0.4, -0.2) is 44.8 Å². The van der Waals surface area contributed by atoms with Gasteiger partial charge in [0.05, 0.1) is 6.04 Å². The number of para-hydroxylation sites is 1. The minimum absolute atomic E-state index is 0. The van der Waals surface area contributed by atoms with Crippen LogP contribution < -0.4 is 16.0 Å². The van der Waals surface area contributed by atoms with Gasteiger partial charge >= 0.3 is 0 Å². The highest BCUT2D eigenvalue weighted by Crippen LogP contribution is 2.17. The first kappa shape index (κ1) is 24.0. The first-order chi connectivity index (χ1) is 11.2. The van der Waals surface area contributed by atoms with Crippen molar-refractivity contribution < 1.29 is 9.53 Å². The van der Waals surface area contributed by atoms with E-state index in [9.17, 15) is 4.79 Å². The molecule has 1 aromatic rings. The molecule has 2 rings (SSSR count). The fraction of sp³-hybridized carbons (Fsp3) is 0.611. The van der Waals surface area contributed by atoms with Crippen LogP contribution in [0.3, 0.4) is 0 Å². The monoisotopic (exact) mass is 391 g/mol. The molecule has 1 unspecified atom stereocenters. The lowest BCUT2D eigenvalue weighted by Gasteiger charge is -2.27. The van der Waals surface area contributed by atoms with Crippen LogP contribution in [0.25, 0.3) is 0 Å². The van der Waals surface area contributed by atoms with Gasteiger partial charge in [0.1, 0.15) is 0 Å². The van der Waals surface area contributed by atoms with Crippen molar-refractivity contribution in [2.24, 2.45) is 11.7 Å². The quantitative estimate of drug-likeness (QED) is 0.668. The number of hydrogen-bond donors (Lipinski definition) is 2. The molecule has 144 valence electrons. The molecule has 0 saturated carbocycles. The molecule has 1 aliphatic rings. The zero-order valence-electron chi connectivity index (χ0n) is 14.9. The fourth-order valence-electron chi connectivity index (χ4n) is 3.00. The van der Waals surface area contributed by atoms with Gasteiger partial charge < -0.3 is 20.7 Å². The van der Waals surface area contributed by atoms with E-state index in [-0.39, 0.29) is 36.6 Å². The number of rotatable bonds is 8. The Morgan fingerprint density at radius 2 is 1.92 bits per heavy atom. The molecule has 1 saturated heterocycles. The number of nitrogens with two attached hydrogens (primary N) is 1. The van der Waals surface area contributed by atoms with Crippen LogP contribution in [0.5, 0.6) is 0 Å². The molecule has 1 aliphatic heterocycles. The summed E-state index contributed by atoms with van der Waals surface area (Å²) >= 11 is 0. The third-order valence-electron chi connectivity index (χ3n) is 4.48. The number of nitrogens with zero attached hydrogens (tertiary/aromatic N) is 1. The number of carbonyl (C=O) groups is 1. The Bertz CT molecular complexity index is 471. The molecule has 0 aliphatic carbocycles. The molecule has 1 heterocycles. The number of amides is 1. The van der Waals surface area contributed by atoms with Crippen molar-refractivity contribution in [2.45, 2.75) is 32.2 Å². The second-order valence-electron chi connectivity index (χ2n) is 6.04. The molecule has 0 spiro atoms. The van der Waals surface area contributed by atoms with Gasteiger partial charge in [-0.25, -0.2) is 0 Å². The van der Waals surface area contributed by atoms with Gasteiger partial charge in [0.2, 0.25) is 5.91 Å². The Balaban J connectivity index is 0.00000288. The largest absolute Gasteiger partial charge is 0.381 e. The van der Waals surface area contributed by atoms with Crippen molar-refractivity contribution in [3.63, 3.8) is 0 Å². The van der Waals surface area contributed by atoms with Crippen molar-refractivity contribution in [3.8, 4) is 0 Å². The van der Waals surface area contributed by atoms with Crippen molar-refractivity contribution in [2.75, 3.05) is 37.7 Å². The van der Waals surface area contributed by atoms with Crippen LogP contribution in [0.15, 0.2) is 30.3 Å². The Hall–Kier alpha value is -1.01. The van der Waals surface area contributed by atoms with Gasteiger partial charge in [-0.05, 0) is 44.2 Å². The molecular formula is C18H31Cl2N3O2. The average Bonchev–Trinajstić information content (AvgIpc) is 2.62. The van der Waals surface area contributed by atoms with E-state index < -0.39 is 6.04 Å². The Morgan fingerprint density at radius 1 is 1.28 bits per heavy atom. The highest BCUT2D eigenvalue weighted by atomic mass is 35.5. The van der Waals surface area contributed by atoms with Crippen molar-refractivity contribution in [3.05, 3.63) is 30.3 Å². The van der Waals surface area contributed by atoms with Crippen LogP contribution in [0.1, 0.15) is 26.2 Å². The average molecular weight is 392 g/mol. The third-order valence-corrected chi connectivity index (χ3v) is 4.48. The molecule has 1 aromatic carbocycles. The minimum Gasteiger partial charge on any atom is -0.381 e. The third kappa shape index (κ3) is 7.82. The summed E-state index contributed by atoms with van der Waals surface area (Å²) in [5.74, 6) is 0.222. The first-order valence-electron chi connectivity index (χ1n) is 8.63. The summed E-state index contributed by atoms with van der Waals surface area (Å²) in [5.41, 5.74) is 7.30. The van der Waals surface area contributed by atoms with Gasteiger partial charge in [0, 0.05) is 38.5 Å². The summed E-state index contributed by atoms with van der Waals surface area (Å²) in [7, 11) is 0. The van der Waals surface area contributed by atoms with E-state index >= 15 is 0 Å². The second kappa shape index (κ2) is 13.2. The molecule has 25 heavy (non-hydrogen) atoms. The molecule has 7 heteroatoms. The Kier molecular flexibility index (Phi) is 12.7. The molecule has 1 fully saturated rings. The number of anilines is 1. The molecule has 0 bridgehead atoms. The highest BCUT2D eigenvalue weighted by molar-refractivity contribution is 5.85. The number of hydrogen-bond acceptors (Lipinski definition) is 4. The maximum atomic E-state index is 12.1. The van der Waals surface area contributed by atoms with E-state index in [0.717, 1.165) is 32.4 Å². The molecule has 1 amide bonds. The molecule has 5 nitrogen and oxygen atoms in total. The lowest BCUT2D eigenvalue weighted by molar-refractivity contribution is -0.124. The number of benzene rings is 1. The fourth-order valence-corrected chi connectivity index (χ4v) is 3.00. The summed E-state index contributed by atoms with van der Waals surface area (Å²) in [4.78, 5) is 14.4. The van der Waals surface area contributed by atoms with E-state index in [1.54, 1.807) is 0 Å². The van der Waals surface area contributed by atoms with E-state index in [1.165, 1.54) is 5.69 Å². The zero-order valence-corrected chi connectivity index (χ0v) is 16.5. The maximum absolute atomic E-state index is 12.1. The standard InChI is InChI=1S/C18H29N3O2.2ClH/c1-2-21(16-7-4-3-5-8-16)12-6-11-20-18(22)17(19)15-9-13-23-14-10-15;;/h3-5,7-8,15,17H,2,6,9-14,19H2,1H3,(H,20,22);2*1H. The van der Waals surface area contributed by atoms with Crippen molar-refractivity contribution >= 4 is 36.4 Å². The molecular weight excluding hydrogens is 361 g/mol. The summed E-state index contributed by atoms with van der Waals surface area (Å²) in [5, 5.41) is 2.98. The SMILES string of the molecule is CCN(CCCNC(=O)C(N)C1CCOCC1)c1ccccc1.Cl.Cl. The summed E-state index contributed by atoms with van der Waals surface area (Å²) in [6.45, 7) is 6.13. The summed E-state index contributed by atoms with van der Waals surface area (Å²) in [6, 6.07) is 9.94. The van der Waals surface area contributed by atoms with Crippen molar-refractivity contribution in [1.29, 1.82) is 0 Å². The lowest BCUT2D eigenvalue weighted by atomic mass is 9.92. The first-order valence-corrected chi connectivity index (χ1v) is 8.63. The predicted octanol–water partition coefficient (Wildman–Crippen LogP) is 2.62. The number of nitrogens with one attached hydrogen (secondary N) is 1. The normalized spacial score (nSPS) is 15.4. The minimum atomic E-state index is -0.407. The lowest BCUT2D eigenvalue weighted by Crippen LogP contribution is -2.47. The number of ether oxygens (including phenoxy) is 1. The number of carbonyl (C=O) groups excluding carboxylic acids is 1. The molecule has 3 N–H and O–H groups in total. The maximum Gasteiger partial charge on any atom is 0.237 e. The zero-order chi connectivity index (χ0) is 16.5. The van der Waals surface area contributed by atoms with Crippen LogP contribution in [0.4, 0.5) is 5.69 Å². The van der Waals surface area contributed by atoms with Crippen molar-refractivity contribution in [1.82, 2.24) is 5.32 Å². The smallest absolute Gasteiger partial charge is 0.237 e. The van der Waals surface area contributed by atoms with Gasteiger partial charge in [-0.15, -0.1) is 24.8 Å². The van der Waals surface area contributed by atoms with Crippen LogP contribution in [-0.2, 0) is 9.53 Å². The Morgan fingerprint density at radius 3 is 2.52 bits per heavy atom.